The lowest BCUT2D eigenvalue weighted by molar-refractivity contribution is -0.384. The van der Waals surface area contributed by atoms with Crippen molar-refractivity contribution in [2.24, 2.45) is 0 Å². The van der Waals surface area contributed by atoms with E-state index in [1.165, 1.54) is 43.4 Å². The van der Waals surface area contributed by atoms with Gasteiger partial charge in [0.1, 0.15) is 28.6 Å². The largest absolute Gasteiger partial charge is 0.497 e. The van der Waals surface area contributed by atoms with Crippen LogP contribution in [-0.2, 0) is 9.59 Å². The van der Waals surface area contributed by atoms with Gasteiger partial charge in [-0.1, -0.05) is 0 Å². The molecule has 11 heteroatoms. The number of methoxy groups -OCH3 is 2. The van der Waals surface area contributed by atoms with Crippen LogP contribution < -0.4 is 19.7 Å². The maximum atomic E-state index is 13.1. The van der Waals surface area contributed by atoms with Crippen molar-refractivity contribution < 1.29 is 28.4 Å². The Morgan fingerprint density at radius 3 is 2.44 bits per heavy atom. The SMILES string of the molecule is COc1ccc(N2C(=O)/C(=C/c3ccc(-c4ccc([N+](=O)[O-])cc4OC)o3)C(=O)NC2=S)cc1. The highest BCUT2D eigenvalue weighted by atomic mass is 32.1. The van der Waals surface area contributed by atoms with Crippen LogP contribution in [0.1, 0.15) is 5.76 Å². The van der Waals surface area contributed by atoms with Gasteiger partial charge in [0, 0.05) is 6.07 Å². The molecule has 0 spiro atoms. The number of rotatable bonds is 6. The van der Waals surface area contributed by atoms with Gasteiger partial charge in [-0.15, -0.1) is 0 Å². The summed E-state index contributed by atoms with van der Waals surface area (Å²) >= 11 is 5.20. The molecule has 10 nitrogen and oxygen atoms in total. The number of carbonyl (C=O) groups excluding carboxylic acids is 2. The monoisotopic (exact) mass is 479 g/mol. The molecule has 1 N–H and O–H groups in total. The minimum Gasteiger partial charge on any atom is -0.497 e. The smallest absolute Gasteiger partial charge is 0.273 e. The highest BCUT2D eigenvalue weighted by Crippen LogP contribution is 2.35. The molecule has 2 amide bonds. The number of carbonyl (C=O) groups is 2. The first-order chi connectivity index (χ1) is 16.3. The van der Waals surface area contributed by atoms with Gasteiger partial charge in [-0.2, -0.15) is 0 Å². The van der Waals surface area contributed by atoms with Crippen molar-refractivity contribution in [3.63, 3.8) is 0 Å². The van der Waals surface area contributed by atoms with E-state index in [0.29, 0.717) is 22.8 Å². The van der Waals surface area contributed by atoms with Crippen LogP contribution in [0.15, 0.2) is 64.6 Å². The Hall–Kier alpha value is -4.51. The lowest BCUT2D eigenvalue weighted by atomic mass is 10.1. The van der Waals surface area contributed by atoms with Crippen molar-refractivity contribution in [1.82, 2.24) is 5.32 Å². The summed E-state index contributed by atoms with van der Waals surface area (Å²) in [5, 5.41) is 13.5. The van der Waals surface area contributed by atoms with Gasteiger partial charge in [0.2, 0.25) is 0 Å². The van der Waals surface area contributed by atoms with Crippen molar-refractivity contribution in [2.45, 2.75) is 0 Å². The van der Waals surface area contributed by atoms with Crippen LogP contribution >= 0.6 is 12.2 Å². The number of anilines is 1. The molecule has 0 bridgehead atoms. The van der Waals surface area contributed by atoms with Crippen molar-refractivity contribution in [3.8, 4) is 22.8 Å². The molecule has 2 aromatic carbocycles. The van der Waals surface area contributed by atoms with Crippen LogP contribution in [0.2, 0.25) is 0 Å². The third-order valence-corrected chi connectivity index (χ3v) is 5.29. The third-order valence-electron chi connectivity index (χ3n) is 5.01. The van der Waals surface area contributed by atoms with Gasteiger partial charge < -0.3 is 13.9 Å². The molecule has 1 saturated heterocycles. The zero-order chi connectivity index (χ0) is 24.4. The second-order valence-electron chi connectivity index (χ2n) is 7.00. The fourth-order valence-electron chi connectivity index (χ4n) is 3.34. The van der Waals surface area contributed by atoms with E-state index in [1.54, 1.807) is 36.4 Å². The summed E-state index contributed by atoms with van der Waals surface area (Å²) in [4.78, 5) is 37.3. The van der Waals surface area contributed by atoms with Crippen LogP contribution in [0.5, 0.6) is 11.5 Å². The summed E-state index contributed by atoms with van der Waals surface area (Å²) < 4.78 is 16.2. The molecule has 34 heavy (non-hydrogen) atoms. The molecule has 0 aliphatic carbocycles. The van der Waals surface area contributed by atoms with Crippen LogP contribution in [-0.4, -0.2) is 36.1 Å². The Balaban J connectivity index is 1.66. The number of nitrogens with zero attached hydrogens (tertiary/aromatic N) is 2. The summed E-state index contributed by atoms with van der Waals surface area (Å²) in [5.74, 6) is 0.116. The molecule has 0 unspecified atom stereocenters. The standard InChI is InChI=1S/C23H17N3O7S/c1-31-15-6-3-13(4-7-15)25-22(28)18(21(27)24-23(25)34)12-16-8-10-19(33-16)17-9-5-14(26(29)30)11-20(17)32-2/h3-12H,1-2H3,(H,24,27,34)/b18-12+. The van der Waals surface area contributed by atoms with Gasteiger partial charge in [-0.05, 0) is 60.8 Å². The first-order valence-electron chi connectivity index (χ1n) is 9.80. The van der Waals surface area contributed by atoms with Crippen molar-refractivity contribution in [1.29, 1.82) is 0 Å². The Kier molecular flexibility index (Phi) is 6.11. The number of ether oxygens (including phenoxy) is 2. The van der Waals surface area contributed by atoms with Gasteiger partial charge in [0.15, 0.2) is 5.11 Å². The van der Waals surface area contributed by atoms with Crippen LogP contribution in [0.4, 0.5) is 11.4 Å². The molecule has 1 aliphatic rings. The third kappa shape index (κ3) is 4.24. The number of amides is 2. The van der Waals surface area contributed by atoms with Gasteiger partial charge in [-0.3, -0.25) is 29.9 Å². The topological polar surface area (TPSA) is 124 Å². The van der Waals surface area contributed by atoms with Crippen molar-refractivity contribution in [3.05, 3.63) is 76.0 Å². The number of non-ortho nitro benzene ring substituents is 1. The number of nitro benzene ring substituents is 1. The molecule has 1 aliphatic heterocycles. The van der Waals surface area contributed by atoms with E-state index < -0.39 is 16.7 Å². The summed E-state index contributed by atoms with van der Waals surface area (Å²) in [5.41, 5.74) is 0.616. The van der Waals surface area contributed by atoms with Crippen LogP contribution in [0.3, 0.4) is 0 Å². The van der Waals surface area contributed by atoms with E-state index in [0.717, 1.165) is 0 Å². The lowest BCUT2D eigenvalue weighted by Crippen LogP contribution is -2.54. The van der Waals surface area contributed by atoms with Gasteiger partial charge >= 0.3 is 0 Å². The molecule has 0 atom stereocenters. The van der Waals surface area contributed by atoms with Crippen LogP contribution in [0.25, 0.3) is 17.4 Å². The lowest BCUT2D eigenvalue weighted by Gasteiger charge is -2.28. The quantitative estimate of drug-likeness (QED) is 0.187. The Morgan fingerprint density at radius 1 is 1.06 bits per heavy atom. The fourth-order valence-corrected chi connectivity index (χ4v) is 3.62. The molecule has 4 rings (SSSR count). The number of furan rings is 1. The zero-order valence-electron chi connectivity index (χ0n) is 17.9. The van der Waals surface area contributed by atoms with E-state index in [9.17, 15) is 19.7 Å². The summed E-state index contributed by atoms with van der Waals surface area (Å²) in [6.45, 7) is 0. The average Bonchev–Trinajstić information content (AvgIpc) is 3.30. The molecular formula is C23H17N3O7S. The normalized spacial score (nSPS) is 14.8. The number of nitro groups is 1. The van der Waals surface area contributed by atoms with Crippen LogP contribution in [0, 0.1) is 10.1 Å². The minimum absolute atomic E-state index is 0.0481. The van der Waals surface area contributed by atoms with Crippen molar-refractivity contribution in [2.75, 3.05) is 19.1 Å². The Bertz CT molecular complexity index is 1340. The van der Waals surface area contributed by atoms with E-state index in [1.807, 2.05) is 0 Å². The van der Waals surface area contributed by atoms with Crippen molar-refractivity contribution >= 4 is 46.6 Å². The van der Waals surface area contributed by atoms with Gasteiger partial charge in [-0.25, -0.2) is 0 Å². The molecule has 0 radical (unpaired) electrons. The second kappa shape index (κ2) is 9.16. The zero-order valence-corrected chi connectivity index (χ0v) is 18.8. The summed E-state index contributed by atoms with van der Waals surface area (Å²) in [6.07, 6.45) is 1.30. The highest BCUT2D eigenvalue weighted by molar-refractivity contribution is 7.80. The fraction of sp³-hybridized carbons (Fsp3) is 0.0870. The molecule has 0 saturated carbocycles. The number of thiocarbonyl (C=S) groups is 1. The van der Waals surface area contributed by atoms with E-state index in [4.69, 9.17) is 26.1 Å². The molecule has 1 fully saturated rings. The number of hydrogen-bond donors (Lipinski definition) is 1. The molecule has 172 valence electrons. The number of benzene rings is 2. The second-order valence-corrected chi connectivity index (χ2v) is 7.39. The number of hydrogen-bond acceptors (Lipinski definition) is 8. The first-order valence-corrected chi connectivity index (χ1v) is 10.2. The van der Waals surface area contributed by atoms with Gasteiger partial charge in [0.05, 0.1) is 36.5 Å². The number of nitrogens with one attached hydrogen (secondary N) is 1. The Labute approximate surface area is 198 Å². The molecule has 1 aromatic heterocycles. The van der Waals surface area contributed by atoms with E-state index in [-0.39, 0.29) is 27.9 Å². The maximum Gasteiger partial charge on any atom is 0.273 e. The first kappa shape index (κ1) is 22.7. The van der Waals surface area contributed by atoms with E-state index in [2.05, 4.69) is 5.32 Å². The minimum atomic E-state index is -0.661. The summed E-state index contributed by atoms with van der Waals surface area (Å²) in [6, 6.07) is 13.9. The maximum absolute atomic E-state index is 13.1. The molecule has 3 aromatic rings. The van der Waals surface area contributed by atoms with Gasteiger partial charge in [0.25, 0.3) is 17.5 Å². The average molecular weight is 479 g/mol. The Morgan fingerprint density at radius 2 is 1.79 bits per heavy atom. The highest BCUT2D eigenvalue weighted by Gasteiger charge is 2.34. The predicted molar refractivity (Wildman–Crippen MR) is 127 cm³/mol. The molecular weight excluding hydrogens is 462 g/mol. The summed E-state index contributed by atoms with van der Waals surface area (Å²) in [7, 11) is 2.91. The molecule has 2 heterocycles. The van der Waals surface area contributed by atoms with E-state index >= 15 is 0 Å². The predicted octanol–water partition coefficient (Wildman–Crippen LogP) is 3.70.